The number of likely N-dealkylation sites (tertiary alicyclic amines) is 1. The van der Waals surface area contributed by atoms with Gasteiger partial charge in [-0.15, -0.1) is 0 Å². The number of piperazine rings is 1. The van der Waals surface area contributed by atoms with Crippen molar-refractivity contribution < 1.29 is 41.8 Å². The molecule has 2 saturated heterocycles. The molecule has 4 aliphatic rings. The van der Waals surface area contributed by atoms with E-state index in [2.05, 4.69) is 10.3 Å². The number of anilines is 3. The number of nitrogens with two attached hydrogens (primary N) is 1. The standard InChI is InChI=1S/C41H43ClF3N7O6/c42-32-23-26(22-31(36(32)46)41(43,44)45)24-34(58-40(56)51-15-13-29(14-16-51)52-17-12-27-6-4-5-9-33(27)48-39(52)55)37(53)50-20-18-49(19-21-50)35-11-10-28(25-47-35)38(54)57-30-7-2-1-3-8-30/h1-2,4-7,9-11,22-23,25,29,34H,3,8,12-21,24,46H2,(H,48,55)/t34-/m1/s1. The zero-order chi connectivity index (χ0) is 41.0. The van der Waals surface area contributed by atoms with Gasteiger partial charge in [0.15, 0.2) is 6.10 Å². The van der Waals surface area contributed by atoms with E-state index in [0.717, 1.165) is 23.7 Å². The molecule has 3 N–H and O–H groups in total. The van der Waals surface area contributed by atoms with Crippen LogP contribution in [0.4, 0.5) is 40.0 Å². The van der Waals surface area contributed by atoms with Crippen LogP contribution < -0.4 is 16.0 Å². The van der Waals surface area contributed by atoms with Gasteiger partial charge in [0.05, 0.1) is 21.8 Å². The highest BCUT2D eigenvalue weighted by molar-refractivity contribution is 6.33. The van der Waals surface area contributed by atoms with Gasteiger partial charge >= 0.3 is 24.3 Å². The Morgan fingerprint density at radius 3 is 2.41 bits per heavy atom. The van der Waals surface area contributed by atoms with Crippen LogP contribution >= 0.6 is 11.6 Å². The van der Waals surface area contributed by atoms with Crippen LogP contribution in [0.1, 0.15) is 52.7 Å². The molecule has 2 fully saturated rings. The monoisotopic (exact) mass is 821 g/mol. The van der Waals surface area contributed by atoms with Crippen molar-refractivity contribution in [1.82, 2.24) is 19.7 Å². The summed E-state index contributed by atoms with van der Waals surface area (Å²) in [6, 6.07) is 12.6. The lowest BCUT2D eigenvalue weighted by atomic mass is 10.0. The maximum Gasteiger partial charge on any atom is 0.418 e. The quantitative estimate of drug-likeness (QED) is 0.188. The maximum atomic E-state index is 14.1. The molecule has 0 radical (unpaired) electrons. The minimum atomic E-state index is -4.81. The van der Waals surface area contributed by atoms with Crippen molar-refractivity contribution in [2.75, 3.05) is 61.8 Å². The second-order valence-electron chi connectivity index (χ2n) is 14.6. The van der Waals surface area contributed by atoms with Crippen molar-refractivity contribution in [2.24, 2.45) is 0 Å². The zero-order valence-electron chi connectivity index (χ0n) is 31.6. The van der Waals surface area contributed by atoms with Crippen LogP contribution in [0.5, 0.6) is 0 Å². The number of pyridine rings is 1. The molecule has 4 amide bonds. The number of hydrogen-bond acceptors (Lipinski definition) is 9. The lowest BCUT2D eigenvalue weighted by Crippen LogP contribution is -2.54. The number of benzene rings is 2. The third-order valence-corrected chi connectivity index (χ3v) is 11.2. The zero-order valence-corrected chi connectivity index (χ0v) is 32.3. The number of alkyl halides is 3. The number of carbonyl (C=O) groups excluding carboxylic acids is 4. The normalized spacial score (nSPS) is 18.1. The predicted octanol–water partition coefficient (Wildman–Crippen LogP) is 6.68. The Bertz CT molecular complexity index is 2100. The number of nitrogens with zero attached hydrogens (tertiary/aromatic N) is 5. The first-order valence-corrected chi connectivity index (χ1v) is 19.6. The van der Waals surface area contributed by atoms with Gasteiger partial charge in [-0.05, 0) is 73.2 Å². The van der Waals surface area contributed by atoms with E-state index in [-0.39, 0.29) is 60.8 Å². The molecule has 0 bridgehead atoms. The van der Waals surface area contributed by atoms with Crippen molar-refractivity contribution in [3.05, 3.63) is 106 Å². The first-order chi connectivity index (χ1) is 27.8. The second kappa shape index (κ2) is 17.4. The number of nitrogens with one attached hydrogen (secondary N) is 1. The number of rotatable bonds is 8. The number of amides is 4. The number of piperidine rings is 1. The molecule has 1 aliphatic carbocycles. The summed E-state index contributed by atoms with van der Waals surface area (Å²) < 4.78 is 53.0. The summed E-state index contributed by atoms with van der Waals surface area (Å²) in [4.78, 5) is 64.6. The fraction of sp³-hybridized carbons (Fsp3) is 0.390. The Labute approximate surface area is 338 Å². The number of esters is 1. The van der Waals surface area contributed by atoms with Gasteiger partial charge in [-0.2, -0.15) is 13.2 Å². The SMILES string of the molecule is Nc1c(Cl)cc(C[C@@H](OC(=O)N2CCC(N3CCc4ccccc4NC3=O)CC2)C(=O)N2CCN(c3ccc(C(=O)OC4=CC=CCC4)cn3)CC2)cc1C(F)(F)F. The van der Waals surface area contributed by atoms with Gasteiger partial charge in [-0.25, -0.2) is 19.4 Å². The lowest BCUT2D eigenvalue weighted by molar-refractivity contribution is -0.141. The molecule has 0 saturated carbocycles. The molecular formula is C41H43ClF3N7O6. The van der Waals surface area contributed by atoms with Gasteiger partial charge in [-0.1, -0.05) is 42.0 Å². The summed E-state index contributed by atoms with van der Waals surface area (Å²) in [7, 11) is 0. The summed E-state index contributed by atoms with van der Waals surface area (Å²) in [6.45, 7) is 2.08. The average Bonchev–Trinajstić information content (AvgIpc) is 3.39. The molecular weight excluding hydrogens is 779 g/mol. The molecule has 0 unspecified atom stereocenters. The van der Waals surface area contributed by atoms with E-state index < -0.39 is 41.5 Å². The average molecular weight is 822 g/mol. The molecule has 3 aromatic rings. The number of nitrogen functional groups attached to an aromatic ring is 1. The second-order valence-corrected chi connectivity index (χ2v) is 15.0. The van der Waals surface area contributed by atoms with Crippen LogP contribution in [-0.2, 0) is 33.3 Å². The molecule has 17 heteroatoms. The van der Waals surface area contributed by atoms with Crippen LogP contribution in [0.3, 0.4) is 0 Å². The van der Waals surface area contributed by atoms with Crippen molar-refractivity contribution >= 4 is 52.8 Å². The lowest BCUT2D eigenvalue weighted by Gasteiger charge is -2.39. The topological polar surface area (TPSA) is 151 Å². The smallest absolute Gasteiger partial charge is 0.418 e. The number of para-hydroxylation sites is 1. The third kappa shape index (κ3) is 9.33. The van der Waals surface area contributed by atoms with Gasteiger partial charge in [0.2, 0.25) is 0 Å². The van der Waals surface area contributed by atoms with Gasteiger partial charge < -0.3 is 40.1 Å². The summed E-state index contributed by atoms with van der Waals surface area (Å²) >= 11 is 6.12. The van der Waals surface area contributed by atoms with E-state index in [1.54, 1.807) is 23.1 Å². The molecule has 4 heterocycles. The number of aromatic nitrogens is 1. The highest BCUT2D eigenvalue weighted by Crippen LogP contribution is 2.38. The molecule has 13 nitrogen and oxygen atoms in total. The van der Waals surface area contributed by atoms with E-state index in [4.69, 9.17) is 26.8 Å². The van der Waals surface area contributed by atoms with Gasteiger partial charge in [0.1, 0.15) is 11.6 Å². The van der Waals surface area contributed by atoms with Crippen molar-refractivity contribution in [2.45, 2.75) is 56.8 Å². The first kappa shape index (κ1) is 40.4. The predicted molar refractivity (Wildman–Crippen MR) is 210 cm³/mol. The molecule has 0 spiro atoms. The van der Waals surface area contributed by atoms with Gasteiger partial charge in [0.25, 0.3) is 5.91 Å². The molecule has 2 aromatic carbocycles. The van der Waals surface area contributed by atoms with Crippen molar-refractivity contribution in [3.8, 4) is 0 Å². The number of allylic oxidation sites excluding steroid dienone is 4. The highest BCUT2D eigenvalue weighted by atomic mass is 35.5. The Hall–Kier alpha value is -5.77. The van der Waals surface area contributed by atoms with E-state index in [1.807, 2.05) is 41.3 Å². The Kier molecular flexibility index (Phi) is 12.1. The number of ether oxygens (including phenoxy) is 2. The molecule has 1 atom stereocenters. The first-order valence-electron chi connectivity index (χ1n) is 19.2. The Morgan fingerprint density at radius 2 is 1.72 bits per heavy atom. The highest BCUT2D eigenvalue weighted by Gasteiger charge is 2.38. The van der Waals surface area contributed by atoms with Crippen LogP contribution in [0.15, 0.2) is 78.7 Å². The Balaban J connectivity index is 1.00. The summed E-state index contributed by atoms with van der Waals surface area (Å²) in [5.41, 5.74) is 5.98. The third-order valence-electron chi connectivity index (χ3n) is 10.8. The summed E-state index contributed by atoms with van der Waals surface area (Å²) in [5, 5.41) is 2.63. The number of hydrogen-bond donors (Lipinski definition) is 2. The van der Waals surface area contributed by atoms with E-state index in [9.17, 15) is 32.3 Å². The minimum absolute atomic E-state index is 0.0160. The fourth-order valence-electron chi connectivity index (χ4n) is 7.61. The van der Waals surface area contributed by atoms with Crippen LogP contribution in [-0.4, -0.2) is 102 Å². The number of fused-ring (bicyclic) bond motifs is 1. The van der Waals surface area contributed by atoms with Gasteiger partial charge in [0, 0.05) is 76.6 Å². The van der Waals surface area contributed by atoms with Crippen LogP contribution in [0.2, 0.25) is 5.02 Å². The number of halogens is 4. The largest absolute Gasteiger partial charge is 0.436 e. The number of carbonyl (C=O) groups is 4. The van der Waals surface area contributed by atoms with E-state index in [1.165, 1.54) is 22.1 Å². The van der Waals surface area contributed by atoms with E-state index in [0.29, 0.717) is 56.9 Å². The molecule has 7 rings (SSSR count). The summed E-state index contributed by atoms with van der Waals surface area (Å²) in [5.74, 6) is 0.0648. The summed E-state index contributed by atoms with van der Waals surface area (Å²) in [6.07, 6.45) is 2.57. The molecule has 58 heavy (non-hydrogen) atoms. The minimum Gasteiger partial charge on any atom is -0.436 e. The van der Waals surface area contributed by atoms with Crippen LogP contribution in [0.25, 0.3) is 0 Å². The fourth-order valence-corrected chi connectivity index (χ4v) is 7.85. The van der Waals surface area contributed by atoms with E-state index >= 15 is 0 Å². The molecule has 3 aliphatic heterocycles. The maximum absolute atomic E-state index is 14.1. The molecule has 306 valence electrons. The van der Waals surface area contributed by atoms with Gasteiger partial charge in [-0.3, -0.25) is 4.79 Å². The van der Waals surface area contributed by atoms with Crippen molar-refractivity contribution in [1.29, 1.82) is 0 Å². The van der Waals surface area contributed by atoms with Crippen LogP contribution in [0, 0.1) is 0 Å². The Morgan fingerprint density at radius 1 is 0.966 bits per heavy atom. The molecule has 1 aromatic heterocycles. The van der Waals surface area contributed by atoms with Crippen molar-refractivity contribution in [3.63, 3.8) is 0 Å². The number of urea groups is 1.